The molecule has 2 fully saturated rings. The molecule has 0 aromatic carbocycles. The number of nitrogens with zero attached hydrogens (tertiary/aromatic N) is 4. The quantitative estimate of drug-likeness (QED) is 0.890. The summed E-state index contributed by atoms with van der Waals surface area (Å²) in [5.74, 6) is 1.58. The lowest BCUT2D eigenvalue weighted by Crippen LogP contribution is -2.39. The normalized spacial score (nSPS) is 31.1. The summed E-state index contributed by atoms with van der Waals surface area (Å²) in [4.78, 5) is 6.89. The molecular formula is C14H20N4O2. The van der Waals surface area contributed by atoms with Gasteiger partial charge in [0.05, 0.1) is 25.0 Å². The Morgan fingerprint density at radius 1 is 1.45 bits per heavy atom. The predicted molar refractivity (Wildman–Crippen MR) is 70.8 cm³/mol. The van der Waals surface area contributed by atoms with Crippen molar-refractivity contribution in [2.75, 3.05) is 7.05 Å². The zero-order valence-electron chi connectivity index (χ0n) is 11.7. The van der Waals surface area contributed by atoms with Gasteiger partial charge >= 0.3 is 0 Å². The van der Waals surface area contributed by atoms with Gasteiger partial charge in [-0.1, -0.05) is 5.16 Å². The van der Waals surface area contributed by atoms with Gasteiger partial charge in [0.15, 0.2) is 5.82 Å². The van der Waals surface area contributed by atoms with Crippen LogP contribution in [0.25, 0.3) is 0 Å². The van der Waals surface area contributed by atoms with E-state index in [0.29, 0.717) is 23.9 Å². The molecule has 1 N–H and O–H groups in total. The second-order valence-corrected chi connectivity index (χ2v) is 5.99. The van der Waals surface area contributed by atoms with Crippen LogP contribution in [-0.2, 0) is 6.42 Å². The smallest absolute Gasteiger partial charge is 0.229 e. The molecule has 1 aromatic rings. The zero-order valence-corrected chi connectivity index (χ0v) is 11.7. The van der Waals surface area contributed by atoms with Crippen LogP contribution >= 0.6 is 0 Å². The van der Waals surface area contributed by atoms with Gasteiger partial charge in [0.25, 0.3) is 0 Å². The summed E-state index contributed by atoms with van der Waals surface area (Å²) in [5.41, 5.74) is 0. The van der Waals surface area contributed by atoms with Crippen LogP contribution in [0.1, 0.15) is 49.7 Å². The fraction of sp³-hybridized carbons (Fsp3) is 0.786. The average Bonchev–Trinajstić information content (AvgIpc) is 2.92. The molecular weight excluding hydrogens is 256 g/mol. The van der Waals surface area contributed by atoms with Crippen molar-refractivity contribution in [1.29, 1.82) is 5.26 Å². The first-order chi connectivity index (χ1) is 9.67. The molecule has 2 aliphatic heterocycles. The van der Waals surface area contributed by atoms with Crippen LogP contribution in [-0.4, -0.2) is 45.4 Å². The second kappa shape index (κ2) is 5.51. The number of piperidine rings is 1. The van der Waals surface area contributed by atoms with E-state index in [2.05, 4.69) is 22.1 Å². The van der Waals surface area contributed by atoms with E-state index in [0.717, 1.165) is 18.7 Å². The van der Waals surface area contributed by atoms with Gasteiger partial charge in [0.1, 0.15) is 0 Å². The van der Waals surface area contributed by atoms with Crippen molar-refractivity contribution >= 4 is 0 Å². The number of aliphatic hydroxyl groups excluding tert-OH is 1. The van der Waals surface area contributed by atoms with Gasteiger partial charge in [-0.3, -0.25) is 0 Å². The van der Waals surface area contributed by atoms with Gasteiger partial charge in [-0.25, -0.2) is 0 Å². The first-order valence-corrected chi connectivity index (χ1v) is 7.26. The molecule has 0 spiro atoms. The van der Waals surface area contributed by atoms with Crippen molar-refractivity contribution in [2.45, 2.75) is 62.6 Å². The van der Waals surface area contributed by atoms with Crippen LogP contribution in [0.4, 0.5) is 0 Å². The van der Waals surface area contributed by atoms with Crippen molar-refractivity contribution in [3.05, 3.63) is 11.7 Å². The SMILES string of the molecule is CN1C2CCC1CC(c1noc(CC(O)CC#N)n1)C2. The molecule has 3 rings (SSSR count). The molecule has 0 aliphatic carbocycles. The number of aliphatic hydroxyl groups is 1. The molecule has 2 aliphatic rings. The molecule has 0 saturated carbocycles. The summed E-state index contributed by atoms with van der Waals surface area (Å²) in [6.45, 7) is 0. The van der Waals surface area contributed by atoms with Crippen LogP contribution in [0, 0.1) is 11.3 Å². The van der Waals surface area contributed by atoms with E-state index in [4.69, 9.17) is 9.78 Å². The fourth-order valence-corrected chi connectivity index (χ4v) is 3.52. The summed E-state index contributed by atoms with van der Waals surface area (Å²) in [6, 6.07) is 3.22. The molecule has 6 nitrogen and oxygen atoms in total. The summed E-state index contributed by atoms with van der Waals surface area (Å²) < 4.78 is 5.21. The predicted octanol–water partition coefficient (Wildman–Crippen LogP) is 1.23. The van der Waals surface area contributed by atoms with Crippen LogP contribution < -0.4 is 0 Å². The summed E-state index contributed by atoms with van der Waals surface area (Å²) in [6.07, 6.45) is 4.35. The Balaban J connectivity index is 1.64. The van der Waals surface area contributed by atoms with Gasteiger partial charge in [0.2, 0.25) is 5.89 Å². The molecule has 108 valence electrons. The molecule has 2 bridgehead atoms. The average molecular weight is 276 g/mol. The summed E-state index contributed by atoms with van der Waals surface area (Å²) in [7, 11) is 2.21. The van der Waals surface area contributed by atoms with Crippen molar-refractivity contribution < 1.29 is 9.63 Å². The first kappa shape index (κ1) is 13.5. The third-order valence-corrected chi connectivity index (χ3v) is 4.68. The molecule has 6 heteroatoms. The van der Waals surface area contributed by atoms with Gasteiger partial charge < -0.3 is 14.5 Å². The molecule has 20 heavy (non-hydrogen) atoms. The number of hydrogen-bond acceptors (Lipinski definition) is 6. The van der Waals surface area contributed by atoms with E-state index >= 15 is 0 Å². The standard InChI is InChI=1S/C14H20N4O2/c1-18-10-2-3-11(18)7-9(6-10)14-16-13(20-17-14)8-12(19)4-5-15/h9-12,19H,2-4,6-8H2,1H3. The molecule has 1 aromatic heterocycles. The third kappa shape index (κ3) is 2.56. The van der Waals surface area contributed by atoms with Gasteiger partial charge in [-0.15, -0.1) is 0 Å². The van der Waals surface area contributed by atoms with Crippen molar-refractivity contribution in [1.82, 2.24) is 15.0 Å². The van der Waals surface area contributed by atoms with E-state index in [-0.39, 0.29) is 12.8 Å². The Kier molecular flexibility index (Phi) is 3.72. The van der Waals surface area contributed by atoms with E-state index < -0.39 is 6.10 Å². The summed E-state index contributed by atoms with van der Waals surface area (Å²) >= 11 is 0. The lowest BCUT2D eigenvalue weighted by molar-refractivity contribution is 0.157. The number of aromatic nitrogens is 2. The van der Waals surface area contributed by atoms with Crippen LogP contribution in [0.2, 0.25) is 0 Å². The van der Waals surface area contributed by atoms with E-state index in [1.165, 1.54) is 12.8 Å². The van der Waals surface area contributed by atoms with E-state index in [1.54, 1.807) is 0 Å². The first-order valence-electron chi connectivity index (χ1n) is 7.26. The number of rotatable bonds is 4. The molecule has 0 amide bonds. The number of nitriles is 1. The van der Waals surface area contributed by atoms with Crippen molar-refractivity contribution in [3.63, 3.8) is 0 Å². The Bertz CT molecular complexity index is 496. The number of fused-ring (bicyclic) bond motifs is 2. The lowest BCUT2D eigenvalue weighted by Gasteiger charge is -2.34. The Hall–Kier alpha value is -1.45. The second-order valence-electron chi connectivity index (χ2n) is 5.99. The highest BCUT2D eigenvalue weighted by molar-refractivity contribution is 5.05. The third-order valence-electron chi connectivity index (χ3n) is 4.68. The minimum Gasteiger partial charge on any atom is -0.392 e. The minimum absolute atomic E-state index is 0.0933. The maximum Gasteiger partial charge on any atom is 0.229 e. The maximum atomic E-state index is 9.59. The highest BCUT2D eigenvalue weighted by Crippen LogP contribution is 2.41. The topological polar surface area (TPSA) is 86.2 Å². The Labute approximate surface area is 118 Å². The minimum atomic E-state index is -0.720. The molecule has 0 radical (unpaired) electrons. The highest BCUT2D eigenvalue weighted by Gasteiger charge is 2.40. The largest absolute Gasteiger partial charge is 0.392 e. The molecule has 2 saturated heterocycles. The maximum absolute atomic E-state index is 9.59. The molecule has 3 heterocycles. The zero-order chi connectivity index (χ0) is 14.1. The monoisotopic (exact) mass is 276 g/mol. The van der Waals surface area contributed by atoms with E-state index in [1.807, 2.05) is 6.07 Å². The van der Waals surface area contributed by atoms with Crippen LogP contribution in [0.15, 0.2) is 4.52 Å². The van der Waals surface area contributed by atoms with Crippen LogP contribution in [0.3, 0.4) is 0 Å². The molecule has 3 atom stereocenters. The van der Waals surface area contributed by atoms with Gasteiger partial charge in [0, 0.05) is 18.0 Å². The summed E-state index contributed by atoms with van der Waals surface area (Å²) in [5, 5.41) is 22.2. The molecule has 3 unspecified atom stereocenters. The van der Waals surface area contributed by atoms with Gasteiger partial charge in [-0.05, 0) is 32.7 Å². The van der Waals surface area contributed by atoms with Crippen molar-refractivity contribution in [2.24, 2.45) is 0 Å². The van der Waals surface area contributed by atoms with Crippen LogP contribution in [0.5, 0.6) is 0 Å². The Morgan fingerprint density at radius 2 is 2.15 bits per heavy atom. The fourth-order valence-electron chi connectivity index (χ4n) is 3.52. The van der Waals surface area contributed by atoms with E-state index in [9.17, 15) is 5.11 Å². The lowest BCUT2D eigenvalue weighted by atomic mass is 9.90. The number of hydrogen-bond donors (Lipinski definition) is 1. The Morgan fingerprint density at radius 3 is 2.80 bits per heavy atom. The van der Waals surface area contributed by atoms with Crippen molar-refractivity contribution in [3.8, 4) is 6.07 Å². The van der Waals surface area contributed by atoms with Gasteiger partial charge in [-0.2, -0.15) is 10.2 Å². The highest BCUT2D eigenvalue weighted by atomic mass is 16.5.